The van der Waals surface area contributed by atoms with Gasteiger partial charge in [-0.3, -0.25) is 0 Å². The molecule has 0 radical (unpaired) electrons. The molecule has 2 aromatic rings. The number of carbonyl (C=O) groups is 1. The molecule has 1 aliphatic rings. The van der Waals surface area contributed by atoms with E-state index in [1.54, 1.807) is 0 Å². The van der Waals surface area contributed by atoms with Gasteiger partial charge in [-0.25, -0.2) is 4.79 Å². The molecule has 0 spiro atoms. The van der Waals surface area contributed by atoms with Crippen LogP contribution in [0.1, 0.15) is 31.4 Å². The summed E-state index contributed by atoms with van der Waals surface area (Å²) in [4.78, 5) is 12.3. The van der Waals surface area contributed by atoms with Crippen molar-refractivity contribution in [1.29, 1.82) is 0 Å². The number of hydrogen-bond donors (Lipinski definition) is 2. The predicted octanol–water partition coefficient (Wildman–Crippen LogP) is 4.36. The molecule has 0 heterocycles. The zero-order valence-electron chi connectivity index (χ0n) is 13.3. The standard InChI is InChI=1S/C19H22N2O2/c1-2-23-17-12-10-16(11-13-17)20-19(22)21-18(15-8-9-15)14-6-4-3-5-7-14/h3-7,10-13,15,18H,2,8-9H2,1H3,(H2,20,21,22). The molecule has 1 saturated carbocycles. The van der Waals surface area contributed by atoms with Crippen LogP contribution < -0.4 is 15.4 Å². The molecule has 2 amide bonds. The summed E-state index contributed by atoms with van der Waals surface area (Å²) in [5.74, 6) is 1.35. The molecule has 0 aromatic heterocycles. The first kappa shape index (κ1) is 15.4. The van der Waals surface area contributed by atoms with Gasteiger partial charge in [-0.2, -0.15) is 0 Å². The fraction of sp³-hybridized carbons (Fsp3) is 0.316. The number of amides is 2. The van der Waals surface area contributed by atoms with Gasteiger partial charge in [0.25, 0.3) is 0 Å². The van der Waals surface area contributed by atoms with Gasteiger partial charge in [0.1, 0.15) is 5.75 Å². The minimum absolute atomic E-state index is 0.0823. The lowest BCUT2D eigenvalue weighted by molar-refractivity contribution is 0.247. The molecule has 4 heteroatoms. The molecule has 3 rings (SSSR count). The van der Waals surface area contributed by atoms with Crippen LogP contribution in [0, 0.1) is 5.92 Å². The first-order chi connectivity index (χ1) is 11.3. The van der Waals surface area contributed by atoms with Crippen molar-refractivity contribution in [1.82, 2.24) is 5.32 Å². The number of urea groups is 1. The molecule has 0 bridgehead atoms. The summed E-state index contributed by atoms with van der Waals surface area (Å²) in [6, 6.07) is 17.5. The second-order valence-electron chi connectivity index (χ2n) is 5.78. The molecular formula is C19H22N2O2. The van der Waals surface area contributed by atoms with Gasteiger partial charge in [0.2, 0.25) is 0 Å². The van der Waals surface area contributed by atoms with Crippen LogP contribution in [0.5, 0.6) is 5.75 Å². The third-order valence-electron chi connectivity index (χ3n) is 3.96. The summed E-state index contributed by atoms with van der Waals surface area (Å²) in [6.45, 7) is 2.58. The van der Waals surface area contributed by atoms with Crippen LogP contribution in [0.4, 0.5) is 10.5 Å². The van der Waals surface area contributed by atoms with Gasteiger partial charge < -0.3 is 15.4 Å². The molecule has 1 unspecified atom stereocenters. The summed E-state index contributed by atoms with van der Waals surface area (Å²) in [7, 11) is 0. The Morgan fingerprint density at radius 2 is 1.83 bits per heavy atom. The Bertz CT molecular complexity index is 636. The quantitative estimate of drug-likeness (QED) is 0.833. The van der Waals surface area contributed by atoms with E-state index in [1.807, 2.05) is 49.4 Å². The lowest BCUT2D eigenvalue weighted by atomic mass is 10.0. The van der Waals surface area contributed by atoms with E-state index in [1.165, 1.54) is 12.8 Å². The predicted molar refractivity (Wildman–Crippen MR) is 91.7 cm³/mol. The number of benzene rings is 2. The summed E-state index contributed by atoms with van der Waals surface area (Å²) in [5, 5.41) is 5.99. The van der Waals surface area contributed by atoms with Gasteiger partial charge in [-0.15, -0.1) is 0 Å². The van der Waals surface area contributed by atoms with E-state index in [9.17, 15) is 4.79 Å². The molecule has 1 aliphatic carbocycles. The van der Waals surface area contributed by atoms with Crippen LogP contribution in [-0.2, 0) is 0 Å². The molecular weight excluding hydrogens is 288 g/mol. The van der Waals surface area contributed by atoms with Crippen molar-refractivity contribution >= 4 is 11.7 Å². The number of ether oxygens (including phenoxy) is 1. The third kappa shape index (κ3) is 4.25. The Labute approximate surface area is 136 Å². The zero-order valence-corrected chi connectivity index (χ0v) is 13.3. The van der Waals surface area contributed by atoms with Crippen molar-refractivity contribution in [3.8, 4) is 5.75 Å². The highest BCUT2D eigenvalue weighted by Gasteiger charge is 2.33. The van der Waals surface area contributed by atoms with Crippen LogP contribution in [0.3, 0.4) is 0 Å². The molecule has 2 aromatic carbocycles. The van der Waals surface area contributed by atoms with E-state index >= 15 is 0 Å². The van der Waals surface area contributed by atoms with E-state index in [0.717, 1.165) is 17.0 Å². The highest BCUT2D eigenvalue weighted by Crippen LogP contribution is 2.40. The zero-order chi connectivity index (χ0) is 16.1. The second-order valence-corrected chi connectivity index (χ2v) is 5.78. The Kier molecular flexibility index (Phi) is 4.81. The van der Waals surface area contributed by atoms with Crippen LogP contribution >= 0.6 is 0 Å². The average molecular weight is 310 g/mol. The minimum atomic E-state index is -0.171. The molecule has 0 saturated heterocycles. The van der Waals surface area contributed by atoms with Gasteiger partial charge in [0.15, 0.2) is 0 Å². The van der Waals surface area contributed by atoms with Gasteiger partial charge >= 0.3 is 6.03 Å². The highest BCUT2D eigenvalue weighted by molar-refractivity contribution is 5.89. The van der Waals surface area contributed by atoms with Gasteiger partial charge in [0.05, 0.1) is 12.6 Å². The molecule has 4 nitrogen and oxygen atoms in total. The first-order valence-electron chi connectivity index (χ1n) is 8.11. The fourth-order valence-corrected chi connectivity index (χ4v) is 2.67. The van der Waals surface area contributed by atoms with E-state index in [4.69, 9.17) is 4.74 Å². The molecule has 1 fully saturated rings. The molecule has 120 valence electrons. The molecule has 23 heavy (non-hydrogen) atoms. The topological polar surface area (TPSA) is 50.4 Å². The van der Waals surface area contributed by atoms with Crippen LogP contribution in [0.25, 0.3) is 0 Å². The van der Waals surface area contributed by atoms with Gasteiger partial charge in [0, 0.05) is 5.69 Å². The Hall–Kier alpha value is -2.49. The lowest BCUT2D eigenvalue weighted by Gasteiger charge is -2.19. The summed E-state index contributed by atoms with van der Waals surface area (Å²) in [5.41, 5.74) is 1.92. The number of carbonyl (C=O) groups excluding carboxylic acids is 1. The van der Waals surface area contributed by atoms with Crippen molar-refractivity contribution in [2.45, 2.75) is 25.8 Å². The average Bonchev–Trinajstić information content (AvgIpc) is 3.40. The first-order valence-corrected chi connectivity index (χ1v) is 8.11. The van der Waals surface area contributed by atoms with Gasteiger partial charge in [-0.1, -0.05) is 30.3 Å². The van der Waals surface area contributed by atoms with Crippen molar-refractivity contribution in [3.63, 3.8) is 0 Å². The maximum atomic E-state index is 12.3. The number of nitrogens with one attached hydrogen (secondary N) is 2. The fourth-order valence-electron chi connectivity index (χ4n) is 2.67. The van der Waals surface area contributed by atoms with Crippen molar-refractivity contribution < 1.29 is 9.53 Å². The summed E-state index contributed by atoms with van der Waals surface area (Å²) >= 11 is 0. The maximum Gasteiger partial charge on any atom is 0.319 e. The van der Waals surface area contributed by atoms with Crippen molar-refractivity contribution in [3.05, 3.63) is 60.2 Å². The molecule has 1 atom stereocenters. The molecule has 0 aliphatic heterocycles. The van der Waals surface area contributed by atoms with E-state index in [2.05, 4.69) is 22.8 Å². The van der Waals surface area contributed by atoms with Crippen molar-refractivity contribution in [2.75, 3.05) is 11.9 Å². The smallest absolute Gasteiger partial charge is 0.319 e. The Morgan fingerprint density at radius 3 is 2.43 bits per heavy atom. The maximum absolute atomic E-state index is 12.3. The number of rotatable bonds is 6. The minimum Gasteiger partial charge on any atom is -0.494 e. The largest absolute Gasteiger partial charge is 0.494 e. The van der Waals surface area contributed by atoms with Crippen LogP contribution in [0.2, 0.25) is 0 Å². The van der Waals surface area contributed by atoms with E-state index in [-0.39, 0.29) is 12.1 Å². The van der Waals surface area contributed by atoms with Crippen molar-refractivity contribution in [2.24, 2.45) is 5.92 Å². The third-order valence-corrected chi connectivity index (χ3v) is 3.96. The van der Waals surface area contributed by atoms with Crippen LogP contribution in [-0.4, -0.2) is 12.6 Å². The van der Waals surface area contributed by atoms with E-state index < -0.39 is 0 Å². The monoisotopic (exact) mass is 310 g/mol. The van der Waals surface area contributed by atoms with E-state index in [0.29, 0.717) is 12.5 Å². The Balaban J connectivity index is 1.61. The normalized spacial score (nSPS) is 14.8. The van der Waals surface area contributed by atoms with Gasteiger partial charge in [-0.05, 0) is 55.5 Å². The number of anilines is 1. The SMILES string of the molecule is CCOc1ccc(NC(=O)NC(c2ccccc2)C2CC2)cc1. The Morgan fingerprint density at radius 1 is 1.13 bits per heavy atom. The summed E-state index contributed by atoms with van der Waals surface area (Å²) < 4.78 is 5.40. The summed E-state index contributed by atoms with van der Waals surface area (Å²) in [6.07, 6.45) is 2.34. The lowest BCUT2D eigenvalue weighted by Crippen LogP contribution is -2.33. The molecule has 2 N–H and O–H groups in total. The van der Waals surface area contributed by atoms with Crippen LogP contribution in [0.15, 0.2) is 54.6 Å². The number of hydrogen-bond acceptors (Lipinski definition) is 2. The highest BCUT2D eigenvalue weighted by atomic mass is 16.5. The second kappa shape index (κ2) is 7.18.